The lowest BCUT2D eigenvalue weighted by atomic mass is 10.2. The van der Waals surface area contributed by atoms with Gasteiger partial charge in [-0.25, -0.2) is 9.97 Å². The van der Waals surface area contributed by atoms with Gasteiger partial charge in [0.15, 0.2) is 0 Å². The number of anilines is 1. The normalized spacial score (nSPS) is 14.8. The first-order valence-corrected chi connectivity index (χ1v) is 7.43. The number of nitrogens with one attached hydrogen (secondary N) is 1. The van der Waals surface area contributed by atoms with Crippen LogP contribution in [0.4, 0.5) is 5.69 Å². The maximum atomic E-state index is 5.24. The van der Waals surface area contributed by atoms with Crippen LogP contribution in [0.3, 0.4) is 0 Å². The molecule has 5 heteroatoms. The molecule has 1 aromatic rings. The van der Waals surface area contributed by atoms with Crippen molar-refractivity contribution in [1.29, 1.82) is 0 Å². The number of methoxy groups -OCH3 is 1. The van der Waals surface area contributed by atoms with E-state index in [4.69, 9.17) is 9.72 Å². The molecule has 0 radical (unpaired) electrons. The van der Waals surface area contributed by atoms with E-state index in [0.717, 1.165) is 36.9 Å². The van der Waals surface area contributed by atoms with Crippen molar-refractivity contribution in [2.75, 3.05) is 32.2 Å². The van der Waals surface area contributed by atoms with Crippen LogP contribution in [0.5, 0.6) is 0 Å². The van der Waals surface area contributed by atoms with Crippen LogP contribution in [-0.4, -0.2) is 43.3 Å². The first-order valence-electron chi connectivity index (χ1n) is 7.43. The summed E-state index contributed by atoms with van der Waals surface area (Å²) in [6.45, 7) is 6.67. The van der Waals surface area contributed by atoms with E-state index in [1.807, 2.05) is 13.2 Å². The first-order chi connectivity index (χ1) is 9.67. The standard InChI is InChI=1S/C15H26N4O/c1-11(2)15-17-10-14(13(18-15)9-16-3)19(7-8-20-4)12-5-6-12/h10-12,16H,5-9H2,1-4H3. The van der Waals surface area contributed by atoms with Crippen LogP contribution in [0.1, 0.15) is 44.1 Å². The van der Waals surface area contributed by atoms with Crippen molar-refractivity contribution >= 4 is 5.69 Å². The Hall–Kier alpha value is -1.20. The van der Waals surface area contributed by atoms with E-state index in [1.165, 1.54) is 12.8 Å². The van der Waals surface area contributed by atoms with E-state index in [2.05, 4.69) is 29.0 Å². The second-order valence-electron chi connectivity index (χ2n) is 5.66. The molecule has 0 aliphatic heterocycles. The van der Waals surface area contributed by atoms with Gasteiger partial charge in [-0.2, -0.15) is 0 Å². The average molecular weight is 278 g/mol. The minimum absolute atomic E-state index is 0.355. The summed E-state index contributed by atoms with van der Waals surface area (Å²) in [4.78, 5) is 11.7. The van der Waals surface area contributed by atoms with Gasteiger partial charge in [0.1, 0.15) is 5.82 Å². The minimum Gasteiger partial charge on any atom is -0.383 e. The van der Waals surface area contributed by atoms with Crippen molar-refractivity contribution < 1.29 is 4.74 Å². The van der Waals surface area contributed by atoms with Gasteiger partial charge in [0.05, 0.1) is 24.2 Å². The molecule has 0 atom stereocenters. The molecule has 0 spiro atoms. The van der Waals surface area contributed by atoms with Crippen LogP contribution in [0, 0.1) is 0 Å². The lowest BCUT2D eigenvalue weighted by Gasteiger charge is -2.26. The third kappa shape index (κ3) is 3.67. The van der Waals surface area contributed by atoms with Crippen molar-refractivity contribution in [3.63, 3.8) is 0 Å². The van der Waals surface area contributed by atoms with Gasteiger partial charge < -0.3 is 15.0 Å². The summed E-state index contributed by atoms with van der Waals surface area (Å²) >= 11 is 0. The fourth-order valence-electron chi connectivity index (χ4n) is 2.32. The maximum absolute atomic E-state index is 5.24. The summed E-state index contributed by atoms with van der Waals surface area (Å²) in [5.74, 6) is 1.27. The van der Waals surface area contributed by atoms with Gasteiger partial charge in [-0.05, 0) is 19.9 Å². The molecule has 1 aromatic heterocycles. The predicted octanol–water partition coefficient (Wildman–Crippen LogP) is 1.93. The maximum Gasteiger partial charge on any atom is 0.131 e. The predicted molar refractivity (Wildman–Crippen MR) is 81.1 cm³/mol. The molecule has 5 nitrogen and oxygen atoms in total. The summed E-state index contributed by atoms with van der Waals surface area (Å²) in [7, 11) is 3.70. The van der Waals surface area contributed by atoms with Gasteiger partial charge in [0.2, 0.25) is 0 Å². The average Bonchev–Trinajstić information content (AvgIpc) is 3.25. The van der Waals surface area contributed by atoms with Gasteiger partial charge in [0.25, 0.3) is 0 Å². The summed E-state index contributed by atoms with van der Waals surface area (Å²) < 4.78 is 5.24. The zero-order valence-electron chi connectivity index (χ0n) is 13.0. The molecule has 1 heterocycles. The Bertz CT molecular complexity index is 432. The molecule has 0 aromatic carbocycles. The zero-order chi connectivity index (χ0) is 14.5. The minimum atomic E-state index is 0.355. The smallest absolute Gasteiger partial charge is 0.131 e. The van der Waals surface area contributed by atoms with Gasteiger partial charge in [0, 0.05) is 32.2 Å². The Morgan fingerprint density at radius 3 is 2.75 bits per heavy atom. The van der Waals surface area contributed by atoms with Crippen molar-refractivity contribution in [2.24, 2.45) is 0 Å². The summed E-state index contributed by atoms with van der Waals surface area (Å²) in [5, 5.41) is 3.21. The third-order valence-electron chi connectivity index (χ3n) is 3.56. The molecular weight excluding hydrogens is 252 g/mol. The lowest BCUT2D eigenvalue weighted by Crippen LogP contribution is -2.31. The van der Waals surface area contributed by atoms with Crippen molar-refractivity contribution in [1.82, 2.24) is 15.3 Å². The number of hydrogen-bond acceptors (Lipinski definition) is 5. The monoisotopic (exact) mass is 278 g/mol. The zero-order valence-corrected chi connectivity index (χ0v) is 13.0. The number of rotatable bonds is 8. The van der Waals surface area contributed by atoms with Gasteiger partial charge >= 0.3 is 0 Å². The van der Waals surface area contributed by atoms with E-state index in [9.17, 15) is 0 Å². The van der Waals surface area contributed by atoms with Gasteiger partial charge in [-0.1, -0.05) is 13.8 Å². The van der Waals surface area contributed by atoms with Crippen LogP contribution in [-0.2, 0) is 11.3 Å². The Labute approximate surface area is 121 Å². The number of hydrogen-bond donors (Lipinski definition) is 1. The molecule has 1 saturated carbocycles. The van der Waals surface area contributed by atoms with Gasteiger partial charge in [-0.3, -0.25) is 0 Å². The van der Waals surface area contributed by atoms with Crippen LogP contribution in [0.25, 0.3) is 0 Å². The summed E-state index contributed by atoms with van der Waals surface area (Å²) in [5.41, 5.74) is 2.25. The molecule has 20 heavy (non-hydrogen) atoms. The molecule has 0 saturated heterocycles. The van der Waals surface area contributed by atoms with E-state index in [-0.39, 0.29) is 0 Å². The summed E-state index contributed by atoms with van der Waals surface area (Å²) in [6.07, 6.45) is 4.51. The third-order valence-corrected chi connectivity index (χ3v) is 3.56. The number of aromatic nitrogens is 2. The molecule has 1 fully saturated rings. The van der Waals surface area contributed by atoms with E-state index < -0.39 is 0 Å². The molecular formula is C15H26N4O. The quantitative estimate of drug-likeness (QED) is 0.787. The number of nitrogens with zero attached hydrogens (tertiary/aromatic N) is 3. The Kier molecular flexibility index (Phi) is 5.31. The van der Waals surface area contributed by atoms with Crippen molar-refractivity contribution in [2.45, 2.75) is 45.2 Å². The molecule has 0 bridgehead atoms. The van der Waals surface area contributed by atoms with Crippen LogP contribution < -0.4 is 10.2 Å². The Morgan fingerprint density at radius 1 is 1.45 bits per heavy atom. The van der Waals surface area contributed by atoms with E-state index in [0.29, 0.717) is 12.0 Å². The fourth-order valence-corrected chi connectivity index (χ4v) is 2.32. The van der Waals surface area contributed by atoms with E-state index >= 15 is 0 Å². The molecule has 1 N–H and O–H groups in total. The van der Waals surface area contributed by atoms with Crippen LogP contribution >= 0.6 is 0 Å². The molecule has 1 aliphatic rings. The Balaban J connectivity index is 2.26. The van der Waals surface area contributed by atoms with Crippen LogP contribution in [0.15, 0.2) is 6.20 Å². The highest BCUT2D eigenvalue weighted by Crippen LogP contribution is 2.33. The molecule has 1 aliphatic carbocycles. The first kappa shape index (κ1) is 15.2. The van der Waals surface area contributed by atoms with Crippen LogP contribution in [0.2, 0.25) is 0 Å². The topological polar surface area (TPSA) is 50.3 Å². The number of ether oxygens (including phenoxy) is 1. The van der Waals surface area contributed by atoms with Crippen molar-refractivity contribution in [3.05, 3.63) is 17.7 Å². The van der Waals surface area contributed by atoms with Gasteiger partial charge in [-0.15, -0.1) is 0 Å². The highest BCUT2D eigenvalue weighted by molar-refractivity contribution is 5.51. The summed E-state index contributed by atoms with van der Waals surface area (Å²) in [6, 6.07) is 0.634. The fraction of sp³-hybridized carbons (Fsp3) is 0.733. The molecule has 0 amide bonds. The highest BCUT2D eigenvalue weighted by atomic mass is 16.5. The second kappa shape index (κ2) is 6.99. The Morgan fingerprint density at radius 2 is 2.20 bits per heavy atom. The molecule has 2 rings (SSSR count). The van der Waals surface area contributed by atoms with E-state index in [1.54, 1.807) is 7.11 Å². The van der Waals surface area contributed by atoms with Crippen molar-refractivity contribution in [3.8, 4) is 0 Å². The second-order valence-corrected chi connectivity index (χ2v) is 5.66. The highest BCUT2D eigenvalue weighted by Gasteiger charge is 2.30. The SMILES string of the molecule is CNCc1nc(C(C)C)ncc1N(CCOC)C1CC1. The molecule has 112 valence electrons. The largest absolute Gasteiger partial charge is 0.383 e. The molecule has 0 unspecified atom stereocenters. The lowest BCUT2D eigenvalue weighted by molar-refractivity contribution is 0.205.